The number of imidazole rings is 1. The van der Waals surface area contributed by atoms with E-state index in [0.29, 0.717) is 5.92 Å². The summed E-state index contributed by atoms with van der Waals surface area (Å²) < 4.78 is 10.6. The van der Waals surface area contributed by atoms with Crippen molar-refractivity contribution in [3.63, 3.8) is 0 Å². The van der Waals surface area contributed by atoms with Crippen LogP contribution in [0, 0.1) is 5.92 Å². The van der Waals surface area contributed by atoms with Gasteiger partial charge in [-0.1, -0.05) is 19.4 Å². The van der Waals surface area contributed by atoms with Crippen molar-refractivity contribution in [2.45, 2.75) is 27.7 Å². The molecular formula is C24H28N2O2. The molecule has 4 heteroatoms. The summed E-state index contributed by atoms with van der Waals surface area (Å²) in [5, 5.41) is 0. The van der Waals surface area contributed by atoms with Crippen molar-refractivity contribution in [1.29, 1.82) is 0 Å². The fraction of sp³-hybridized carbons (Fsp3) is 0.292. The van der Waals surface area contributed by atoms with Gasteiger partial charge in [-0.25, -0.2) is 4.98 Å². The second-order valence-electron chi connectivity index (χ2n) is 7.33. The summed E-state index contributed by atoms with van der Waals surface area (Å²) >= 11 is 0. The van der Waals surface area contributed by atoms with Crippen LogP contribution in [0.2, 0.25) is 0 Å². The lowest BCUT2D eigenvalue weighted by molar-refractivity contribution is 0.414. The molecule has 0 aliphatic rings. The number of hydrogen-bond donors (Lipinski definition) is 1. The maximum atomic E-state index is 5.30. The maximum Gasteiger partial charge on any atom is 0.134 e. The lowest BCUT2D eigenvalue weighted by atomic mass is 9.98. The van der Waals surface area contributed by atoms with Crippen molar-refractivity contribution in [3.8, 4) is 34.0 Å². The molecule has 0 unspecified atom stereocenters. The molecule has 28 heavy (non-hydrogen) atoms. The summed E-state index contributed by atoms with van der Waals surface area (Å²) in [7, 11) is 3.35. The van der Waals surface area contributed by atoms with E-state index in [1.165, 1.54) is 11.1 Å². The molecule has 1 N–H and O–H groups in total. The van der Waals surface area contributed by atoms with Crippen LogP contribution < -0.4 is 9.47 Å². The van der Waals surface area contributed by atoms with Crippen LogP contribution >= 0.6 is 0 Å². The number of nitrogens with zero attached hydrogens (tertiary/aromatic N) is 1. The summed E-state index contributed by atoms with van der Waals surface area (Å²) in [6.07, 6.45) is 0. The van der Waals surface area contributed by atoms with E-state index < -0.39 is 0 Å². The lowest BCUT2D eigenvalue weighted by Gasteiger charge is -2.11. The molecule has 0 amide bonds. The smallest absolute Gasteiger partial charge is 0.134 e. The molecule has 4 nitrogen and oxygen atoms in total. The number of aromatic amines is 1. The Labute approximate surface area is 167 Å². The van der Waals surface area contributed by atoms with E-state index in [-0.39, 0.29) is 0 Å². The first-order chi connectivity index (χ1) is 13.4. The van der Waals surface area contributed by atoms with E-state index in [1.807, 2.05) is 36.4 Å². The van der Waals surface area contributed by atoms with Gasteiger partial charge in [0.05, 0.1) is 25.6 Å². The van der Waals surface area contributed by atoms with Crippen molar-refractivity contribution in [2.75, 3.05) is 14.2 Å². The summed E-state index contributed by atoms with van der Waals surface area (Å²) in [5.41, 5.74) is 6.57. The Kier molecular flexibility index (Phi) is 5.88. The predicted octanol–water partition coefficient (Wildman–Crippen LogP) is 6.21. The third-order valence-corrected chi connectivity index (χ3v) is 4.82. The van der Waals surface area contributed by atoms with Crippen LogP contribution in [-0.4, -0.2) is 24.2 Å². The molecule has 0 bridgehead atoms. The summed E-state index contributed by atoms with van der Waals surface area (Å²) in [5.74, 6) is 2.97. The third kappa shape index (κ3) is 3.96. The zero-order chi connectivity index (χ0) is 20.3. The van der Waals surface area contributed by atoms with E-state index in [9.17, 15) is 0 Å². The average Bonchev–Trinajstić information content (AvgIpc) is 3.12. The molecule has 146 valence electrons. The van der Waals surface area contributed by atoms with Crippen LogP contribution in [0.25, 0.3) is 28.1 Å². The predicted molar refractivity (Wildman–Crippen MR) is 116 cm³/mol. The fourth-order valence-corrected chi connectivity index (χ4v) is 3.51. The number of methoxy groups -OCH3 is 2. The van der Waals surface area contributed by atoms with Gasteiger partial charge in [-0.15, -0.1) is 0 Å². The highest BCUT2D eigenvalue weighted by Crippen LogP contribution is 2.35. The van der Waals surface area contributed by atoms with Crippen molar-refractivity contribution >= 4 is 5.57 Å². The van der Waals surface area contributed by atoms with Crippen molar-refractivity contribution < 1.29 is 9.47 Å². The Morgan fingerprint density at radius 1 is 0.821 bits per heavy atom. The minimum atomic E-state index is 0.378. The molecule has 1 aromatic heterocycles. The van der Waals surface area contributed by atoms with Gasteiger partial charge >= 0.3 is 0 Å². The molecular weight excluding hydrogens is 348 g/mol. The molecule has 0 atom stereocenters. The van der Waals surface area contributed by atoms with Crippen LogP contribution in [-0.2, 0) is 0 Å². The van der Waals surface area contributed by atoms with Crippen LogP contribution in [0.5, 0.6) is 11.5 Å². The van der Waals surface area contributed by atoms with Gasteiger partial charge in [0.2, 0.25) is 0 Å². The summed E-state index contributed by atoms with van der Waals surface area (Å²) in [6.45, 7) is 8.67. The molecule has 3 aromatic rings. The maximum absolute atomic E-state index is 5.30. The number of H-pyrrole nitrogens is 1. The van der Waals surface area contributed by atoms with Gasteiger partial charge in [0, 0.05) is 11.1 Å². The Morgan fingerprint density at radius 3 is 1.75 bits per heavy atom. The number of hydrogen-bond acceptors (Lipinski definition) is 3. The van der Waals surface area contributed by atoms with Gasteiger partial charge in [-0.05, 0) is 73.9 Å². The topological polar surface area (TPSA) is 47.1 Å². The van der Waals surface area contributed by atoms with Crippen LogP contribution in [0.15, 0.2) is 54.1 Å². The number of aromatic nitrogens is 2. The largest absolute Gasteiger partial charge is 0.497 e. The first-order valence-corrected chi connectivity index (χ1v) is 9.51. The minimum absolute atomic E-state index is 0.378. The Balaban J connectivity index is 2.18. The molecule has 0 radical (unpaired) electrons. The van der Waals surface area contributed by atoms with Crippen LogP contribution in [0.4, 0.5) is 0 Å². The molecule has 0 aliphatic carbocycles. The number of rotatable bonds is 6. The lowest BCUT2D eigenvalue weighted by Crippen LogP contribution is -1.98. The normalized spacial score (nSPS) is 10.8. The van der Waals surface area contributed by atoms with E-state index in [2.05, 4.69) is 44.8 Å². The van der Waals surface area contributed by atoms with Crippen molar-refractivity contribution in [1.82, 2.24) is 9.97 Å². The molecule has 1 heterocycles. The SMILES string of the molecule is COc1ccc(-c2nc(C(=C(C)C)C(C)C)[nH]c2-c2ccc(OC)cc2)cc1. The van der Waals surface area contributed by atoms with E-state index in [4.69, 9.17) is 14.5 Å². The van der Waals surface area contributed by atoms with Gasteiger partial charge in [0.25, 0.3) is 0 Å². The summed E-state index contributed by atoms with van der Waals surface area (Å²) in [4.78, 5) is 8.60. The molecule has 0 aliphatic heterocycles. The van der Waals surface area contributed by atoms with Crippen LogP contribution in [0.3, 0.4) is 0 Å². The fourth-order valence-electron chi connectivity index (χ4n) is 3.51. The van der Waals surface area contributed by atoms with E-state index in [0.717, 1.165) is 39.8 Å². The molecule has 3 rings (SSSR count). The van der Waals surface area contributed by atoms with Gasteiger partial charge in [0.1, 0.15) is 17.3 Å². The number of ether oxygens (including phenoxy) is 2. The van der Waals surface area contributed by atoms with Gasteiger partial charge in [0.15, 0.2) is 0 Å². The number of allylic oxidation sites excluding steroid dienone is 2. The van der Waals surface area contributed by atoms with Gasteiger partial charge < -0.3 is 14.5 Å². The van der Waals surface area contributed by atoms with E-state index in [1.54, 1.807) is 14.2 Å². The third-order valence-electron chi connectivity index (χ3n) is 4.82. The monoisotopic (exact) mass is 376 g/mol. The highest BCUT2D eigenvalue weighted by molar-refractivity contribution is 5.81. The zero-order valence-corrected chi connectivity index (χ0v) is 17.5. The second-order valence-corrected chi connectivity index (χ2v) is 7.33. The Bertz CT molecular complexity index is 896. The first kappa shape index (κ1) is 19.7. The molecule has 0 spiro atoms. The summed E-state index contributed by atoms with van der Waals surface area (Å²) in [6, 6.07) is 16.1. The van der Waals surface area contributed by atoms with Gasteiger partial charge in [-0.3, -0.25) is 0 Å². The highest BCUT2D eigenvalue weighted by Gasteiger charge is 2.19. The second kappa shape index (κ2) is 8.34. The quantitative estimate of drug-likeness (QED) is 0.556. The Morgan fingerprint density at radius 2 is 1.32 bits per heavy atom. The Hall–Kier alpha value is -3.01. The molecule has 0 saturated heterocycles. The first-order valence-electron chi connectivity index (χ1n) is 9.51. The van der Waals surface area contributed by atoms with Crippen molar-refractivity contribution in [3.05, 3.63) is 59.9 Å². The zero-order valence-electron chi connectivity index (χ0n) is 17.5. The molecule has 0 fully saturated rings. The van der Waals surface area contributed by atoms with Crippen molar-refractivity contribution in [2.24, 2.45) is 5.92 Å². The molecule has 0 saturated carbocycles. The van der Waals surface area contributed by atoms with Crippen LogP contribution in [0.1, 0.15) is 33.5 Å². The highest BCUT2D eigenvalue weighted by atomic mass is 16.5. The minimum Gasteiger partial charge on any atom is -0.497 e. The van der Waals surface area contributed by atoms with E-state index >= 15 is 0 Å². The van der Waals surface area contributed by atoms with Gasteiger partial charge in [-0.2, -0.15) is 0 Å². The average molecular weight is 377 g/mol. The number of nitrogens with one attached hydrogen (secondary N) is 1. The molecule has 2 aromatic carbocycles. The standard InChI is InChI=1S/C24H28N2O2/c1-15(2)21(16(3)4)24-25-22(17-7-11-19(27-5)12-8-17)23(26-24)18-9-13-20(28-6)14-10-18/h7-15H,1-6H3,(H,25,26). The number of benzene rings is 2.